The Balaban J connectivity index is 2.38. The van der Waals surface area contributed by atoms with Crippen LogP contribution in [0.25, 0.3) is 0 Å². The number of nitrogens with one attached hydrogen (secondary N) is 1. The van der Waals surface area contributed by atoms with Crippen molar-refractivity contribution in [3.63, 3.8) is 0 Å². The first-order chi connectivity index (χ1) is 7.61. The molecule has 0 radical (unpaired) electrons. The average molecular weight is 246 g/mol. The fourth-order valence-corrected chi connectivity index (χ4v) is 2.71. The first-order valence-electron chi connectivity index (χ1n) is 6.40. The Morgan fingerprint density at radius 1 is 1.38 bits per heavy atom. The summed E-state index contributed by atoms with van der Waals surface area (Å²) in [7, 11) is -0.654. The summed E-state index contributed by atoms with van der Waals surface area (Å²) in [5.41, 5.74) is 0. The van der Waals surface area contributed by atoms with Gasteiger partial charge in [0.1, 0.15) is 0 Å². The molecule has 16 heavy (non-hydrogen) atoms. The average Bonchev–Trinajstić information content (AvgIpc) is 2.22. The Kier molecular flexibility index (Phi) is 6.54. The lowest BCUT2D eigenvalue weighted by Gasteiger charge is -2.31. The van der Waals surface area contributed by atoms with Crippen molar-refractivity contribution in [1.29, 1.82) is 0 Å². The molecule has 4 heteroatoms. The lowest BCUT2D eigenvalue weighted by atomic mass is 10.1. The maximum absolute atomic E-state index is 11.1. The van der Waals surface area contributed by atoms with E-state index >= 15 is 0 Å². The predicted octanol–water partition coefficient (Wildman–Crippen LogP) is 1.22. The van der Waals surface area contributed by atoms with Crippen molar-refractivity contribution >= 4 is 10.8 Å². The lowest BCUT2D eigenvalue weighted by molar-refractivity contribution is 0.222. The van der Waals surface area contributed by atoms with E-state index in [1.54, 1.807) is 6.26 Å². The summed E-state index contributed by atoms with van der Waals surface area (Å²) in [5, 5.41) is 3.67. The summed E-state index contributed by atoms with van der Waals surface area (Å²) < 4.78 is 11.1. The first-order valence-corrected chi connectivity index (χ1v) is 8.13. The minimum atomic E-state index is -0.654. The summed E-state index contributed by atoms with van der Waals surface area (Å²) in [6, 6.07) is 1.27. The highest BCUT2D eigenvalue weighted by Crippen LogP contribution is 2.08. The molecule has 0 aromatic heterocycles. The molecule has 96 valence electrons. The number of nitrogens with zero attached hydrogens (tertiary/aromatic N) is 1. The smallest absolute Gasteiger partial charge is 0.0359 e. The lowest BCUT2D eigenvalue weighted by Crippen LogP contribution is -2.44. The van der Waals surface area contributed by atoms with E-state index in [1.165, 1.54) is 19.3 Å². The van der Waals surface area contributed by atoms with E-state index < -0.39 is 10.8 Å². The van der Waals surface area contributed by atoms with Crippen LogP contribution >= 0.6 is 0 Å². The molecule has 0 aliphatic carbocycles. The van der Waals surface area contributed by atoms with Gasteiger partial charge in [0.25, 0.3) is 0 Å². The van der Waals surface area contributed by atoms with Gasteiger partial charge in [0.15, 0.2) is 0 Å². The molecular formula is C12H26N2OS. The highest BCUT2D eigenvalue weighted by atomic mass is 32.2. The van der Waals surface area contributed by atoms with Gasteiger partial charge in [-0.25, -0.2) is 0 Å². The van der Waals surface area contributed by atoms with Crippen molar-refractivity contribution in [2.45, 2.75) is 45.2 Å². The van der Waals surface area contributed by atoms with Crippen LogP contribution in [0.1, 0.15) is 33.1 Å². The van der Waals surface area contributed by atoms with Gasteiger partial charge < -0.3 is 10.2 Å². The van der Waals surface area contributed by atoms with Gasteiger partial charge in [0.2, 0.25) is 0 Å². The highest BCUT2D eigenvalue weighted by Gasteiger charge is 2.17. The SMILES string of the molecule is CCC1CCN(CCS(C)=O)CCC(C)N1. The van der Waals surface area contributed by atoms with Gasteiger partial charge in [0.05, 0.1) is 0 Å². The zero-order valence-corrected chi connectivity index (χ0v) is 11.7. The fraction of sp³-hybridized carbons (Fsp3) is 1.00. The van der Waals surface area contributed by atoms with Crippen molar-refractivity contribution < 1.29 is 4.21 Å². The number of rotatable bonds is 4. The van der Waals surface area contributed by atoms with Crippen LogP contribution in [0.3, 0.4) is 0 Å². The van der Waals surface area contributed by atoms with E-state index in [-0.39, 0.29) is 0 Å². The molecule has 3 atom stereocenters. The molecule has 0 aromatic carbocycles. The summed E-state index contributed by atoms with van der Waals surface area (Å²) in [5.74, 6) is 0.818. The highest BCUT2D eigenvalue weighted by molar-refractivity contribution is 7.84. The summed E-state index contributed by atoms with van der Waals surface area (Å²) >= 11 is 0. The number of hydrogen-bond donors (Lipinski definition) is 1. The summed E-state index contributed by atoms with van der Waals surface area (Å²) in [4.78, 5) is 2.47. The Morgan fingerprint density at radius 3 is 2.69 bits per heavy atom. The second-order valence-corrected chi connectivity index (χ2v) is 6.42. The van der Waals surface area contributed by atoms with Crippen LogP contribution in [-0.2, 0) is 10.8 Å². The van der Waals surface area contributed by atoms with E-state index in [2.05, 4.69) is 24.1 Å². The van der Waals surface area contributed by atoms with Gasteiger partial charge in [-0.2, -0.15) is 0 Å². The van der Waals surface area contributed by atoms with Gasteiger partial charge in [0, 0.05) is 41.4 Å². The monoisotopic (exact) mass is 246 g/mol. The molecule has 1 aliphatic rings. The molecular weight excluding hydrogens is 220 g/mol. The molecule has 3 nitrogen and oxygen atoms in total. The standard InChI is InChI=1S/C12H26N2OS/c1-4-12-6-8-14(9-10-16(3)15)7-5-11(2)13-12/h11-13H,4-10H2,1-3H3. The molecule has 1 rings (SSSR count). The van der Waals surface area contributed by atoms with E-state index in [9.17, 15) is 4.21 Å². The second kappa shape index (κ2) is 7.41. The fourth-order valence-electron chi connectivity index (χ4n) is 2.20. The molecule has 0 amide bonds. The minimum Gasteiger partial charge on any atom is -0.311 e. The third-order valence-electron chi connectivity index (χ3n) is 3.38. The van der Waals surface area contributed by atoms with Crippen LogP contribution in [-0.4, -0.2) is 52.8 Å². The normalized spacial score (nSPS) is 30.7. The van der Waals surface area contributed by atoms with Crippen molar-refractivity contribution in [3.8, 4) is 0 Å². The molecule has 1 heterocycles. The minimum absolute atomic E-state index is 0.611. The maximum atomic E-state index is 11.1. The predicted molar refractivity (Wildman–Crippen MR) is 71.3 cm³/mol. The molecule has 3 unspecified atom stereocenters. The second-order valence-electron chi connectivity index (χ2n) is 4.87. The van der Waals surface area contributed by atoms with E-state index in [0.29, 0.717) is 12.1 Å². The Hall–Kier alpha value is 0.0700. The van der Waals surface area contributed by atoms with E-state index in [4.69, 9.17) is 0 Å². The zero-order chi connectivity index (χ0) is 12.0. The zero-order valence-electron chi connectivity index (χ0n) is 10.9. The summed E-state index contributed by atoms with van der Waals surface area (Å²) in [6.45, 7) is 7.80. The first kappa shape index (κ1) is 14.1. The Bertz CT molecular complexity index is 223. The van der Waals surface area contributed by atoms with Gasteiger partial charge >= 0.3 is 0 Å². The van der Waals surface area contributed by atoms with E-state index in [0.717, 1.165) is 25.4 Å². The van der Waals surface area contributed by atoms with E-state index in [1.807, 2.05) is 0 Å². The Labute approximate surface area is 102 Å². The quantitative estimate of drug-likeness (QED) is 0.809. The van der Waals surface area contributed by atoms with Gasteiger partial charge in [-0.15, -0.1) is 0 Å². The molecule has 0 spiro atoms. The topological polar surface area (TPSA) is 32.3 Å². The van der Waals surface area contributed by atoms with Crippen LogP contribution in [0.5, 0.6) is 0 Å². The van der Waals surface area contributed by atoms with Crippen LogP contribution in [0, 0.1) is 0 Å². The molecule has 0 saturated carbocycles. The molecule has 1 aliphatic heterocycles. The van der Waals surface area contributed by atoms with Crippen LogP contribution in [0.4, 0.5) is 0 Å². The molecule has 0 bridgehead atoms. The number of hydrogen-bond acceptors (Lipinski definition) is 3. The van der Waals surface area contributed by atoms with Crippen LogP contribution in [0.15, 0.2) is 0 Å². The van der Waals surface area contributed by atoms with Crippen LogP contribution in [0.2, 0.25) is 0 Å². The molecule has 0 aromatic rings. The third-order valence-corrected chi connectivity index (χ3v) is 4.14. The maximum Gasteiger partial charge on any atom is 0.0359 e. The molecule has 1 N–H and O–H groups in total. The van der Waals surface area contributed by atoms with Crippen molar-refractivity contribution in [3.05, 3.63) is 0 Å². The van der Waals surface area contributed by atoms with Gasteiger partial charge in [-0.05, 0) is 39.3 Å². The van der Waals surface area contributed by atoms with Crippen molar-refractivity contribution in [1.82, 2.24) is 10.2 Å². The van der Waals surface area contributed by atoms with Gasteiger partial charge in [-0.3, -0.25) is 4.21 Å². The van der Waals surface area contributed by atoms with Gasteiger partial charge in [-0.1, -0.05) is 6.92 Å². The largest absolute Gasteiger partial charge is 0.311 e. The van der Waals surface area contributed by atoms with Crippen molar-refractivity contribution in [2.75, 3.05) is 31.6 Å². The Morgan fingerprint density at radius 2 is 2.06 bits per heavy atom. The summed E-state index contributed by atoms with van der Waals surface area (Å²) in [6.07, 6.45) is 5.42. The third kappa shape index (κ3) is 5.41. The van der Waals surface area contributed by atoms with Crippen molar-refractivity contribution in [2.24, 2.45) is 0 Å². The molecule has 1 saturated heterocycles. The van der Waals surface area contributed by atoms with Crippen LogP contribution < -0.4 is 5.32 Å². The molecule has 1 fully saturated rings.